The first kappa shape index (κ1) is 23.4. The highest BCUT2D eigenvalue weighted by molar-refractivity contribution is 7.84. The summed E-state index contributed by atoms with van der Waals surface area (Å²) in [5.41, 5.74) is 2.95. The van der Waals surface area contributed by atoms with E-state index in [2.05, 4.69) is 15.0 Å². The summed E-state index contributed by atoms with van der Waals surface area (Å²) < 4.78 is 41.8. The van der Waals surface area contributed by atoms with Gasteiger partial charge in [0, 0.05) is 33.7 Å². The first-order chi connectivity index (χ1) is 16.3. The summed E-state index contributed by atoms with van der Waals surface area (Å²) in [5.74, 6) is -0.818. The third-order valence-electron chi connectivity index (χ3n) is 4.96. The highest BCUT2D eigenvalue weighted by atomic mass is 32.2. The lowest BCUT2D eigenvalue weighted by Crippen LogP contribution is -2.28. The largest absolute Gasteiger partial charge is 0.435 e. The van der Waals surface area contributed by atoms with Crippen LogP contribution < -0.4 is 10.1 Å². The summed E-state index contributed by atoms with van der Waals surface area (Å²) in [5, 5.41) is 2.82. The summed E-state index contributed by atoms with van der Waals surface area (Å²) in [6.45, 7) is -1.34. The molecule has 4 aromatic rings. The van der Waals surface area contributed by atoms with E-state index in [-0.39, 0.29) is 16.2 Å². The first-order valence-corrected chi connectivity index (χ1v) is 11.8. The molecule has 0 aliphatic heterocycles. The van der Waals surface area contributed by atoms with Crippen molar-refractivity contribution in [3.63, 3.8) is 0 Å². The lowest BCUT2D eigenvalue weighted by molar-refractivity contribution is -0.0500. The smallest absolute Gasteiger partial charge is 0.387 e. The molecule has 174 valence electrons. The lowest BCUT2D eigenvalue weighted by atomic mass is 10.1. The van der Waals surface area contributed by atoms with Crippen LogP contribution in [-0.4, -0.2) is 37.9 Å². The number of rotatable bonds is 7. The Labute approximate surface area is 196 Å². The molecule has 0 radical (unpaired) electrons. The van der Waals surface area contributed by atoms with Crippen molar-refractivity contribution in [1.82, 2.24) is 20.3 Å². The number of hydrogen-bond acceptors (Lipinski definition) is 6. The van der Waals surface area contributed by atoms with Crippen molar-refractivity contribution >= 4 is 27.7 Å². The Bertz CT molecular complexity index is 1370. The Morgan fingerprint density at radius 1 is 1.03 bits per heavy atom. The Morgan fingerprint density at radius 3 is 2.38 bits per heavy atom. The monoisotopic (exact) mass is 482 g/mol. The quantitative estimate of drug-likeness (QED) is 0.416. The van der Waals surface area contributed by atoms with Crippen molar-refractivity contribution < 1.29 is 22.5 Å². The van der Waals surface area contributed by atoms with Gasteiger partial charge in [-0.05, 0) is 49.4 Å². The Hall–Kier alpha value is -3.79. The van der Waals surface area contributed by atoms with E-state index in [1.807, 2.05) is 30.3 Å². The van der Waals surface area contributed by atoms with Gasteiger partial charge >= 0.3 is 6.61 Å². The number of pyridine rings is 1. The molecule has 0 spiro atoms. The molecule has 0 aliphatic rings. The van der Waals surface area contributed by atoms with E-state index in [9.17, 15) is 17.8 Å². The maximum atomic E-state index is 13.0. The van der Waals surface area contributed by atoms with Gasteiger partial charge in [-0.2, -0.15) is 8.78 Å². The molecule has 10 heteroatoms. The number of benzene rings is 2. The molecular weight excluding hydrogens is 462 g/mol. The molecule has 0 saturated heterocycles. The van der Waals surface area contributed by atoms with Crippen LogP contribution in [0, 0.1) is 0 Å². The fourth-order valence-electron chi connectivity index (χ4n) is 3.39. The minimum absolute atomic E-state index is 0.0309. The number of halogens is 2. The maximum absolute atomic E-state index is 13.0. The summed E-state index contributed by atoms with van der Waals surface area (Å²) in [6.07, 6.45) is 3.02. The third-order valence-corrected chi connectivity index (χ3v) is 5.86. The molecule has 0 fully saturated rings. The fourth-order valence-corrected chi connectivity index (χ4v) is 3.97. The molecule has 2 heterocycles. The van der Waals surface area contributed by atoms with Gasteiger partial charge in [-0.3, -0.25) is 14.0 Å². The Kier molecular flexibility index (Phi) is 6.87. The number of carbonyl (C=O) groups excluding carboxylic acids is 1. The second-order valence-electron chi connectivity index (χ2n) is 7.38. The van der Waals surface area contributed by atoms with Gasteiger partial charge in [-0.15, -0.1) is 0 Å². The van der Waals surface area contributed by atoms with E-state index in [4.69, 9.17) is 9.97 Å². The summed E-state index contributed by atoms with van der Waals surface area (Å²) in [4.78, 5) is 27.0. The zero-order valence-electron chi connectivity index (χ0n) is 18.2. The van der Waals surface area contributed by atoms with Crippen LogP contribution in [0.1, 0.15) is 29.0 Å². The average molecular weight is 483 g/mol. The number of ether oxygens (including phenoxy) is 1. The van der Waals surface area contributed by atoms with Crippen LogP contribution in [-0.2, 0) is 10.8 Å². The van der Waals surface area contributed by atoms with Crippen LogP contribution in [0.15, 0.2) is 71.8 Å². The molecule has 1 unspecified atom stereocenters. The molecule has 1 amide bonds. The number of aromatic nitrogens is 3. The van der Waals surface area contributed by atoms with Crippen molar-refractivity contribution in [2.75, 3.05) is 6.26 Å². The van der Waals surface area contributed by atoms with Gasteiger partial charge in [0.1, 0.15) is 11.4 Å². The summed E-state index contributed by atoms with van der Waals surface area (Å²) in [7, 11) is -1.51. The van der Waals surface area contributed by atoms with Crippen LogP contribution >= 0.6 is 0 Å². The molecule has 4 rings (SSSR count). The Balaban J connectivity index is 1.71. The summed E-state index contributed by atoms with van der Waals surface area (Å²) in [6, 6.07) is 15.9. The molecule has 1 N–H and O–H groups in total. The zero-order chi connectivity index (χ0) is 24.2. The molecule has 2 atom stereocenters. The number of nitrogens with one attached hydrogen (secondary N) is 1. The first-order valence-electron chi connectivity index (χ1n) is 10.2. The zero-order valence-corrected chi connectivity index (χ0v) is 19.1. The van der Waals surface area contributed by atoms with Crippen molar-refractivity contribution in [3.8, 4) is 17.1 Å². The van der Waals surface area contributed by atoms with Crippen LogP contribution in [0.2, 0.25) is 0 Å². The molecule has 0 aliphatic carbocycles. The second kappa shape index (κ2) is 10.0. The van der Waals surface area contributed by atoms with Crippen molar-refractivity contribution in [1.29, 1.82) is 0 Å². The van der Waals surface area contributed by atoms with E-state index in [0.717, 1.165) is 0 Å². The number of hydrogen-bond donors (Lipinski definition) is 1. The predicted molar refractivity (Wildman–Crippen MR) is 124 cm³/mol. The van der Waals surface area contributed by atoms with E-state index < -0.39 is 29.4 Å². The number of alkyl halides is 2. The van der Waals surface area contributed by atoms with Crippen molar-refractivity contribution in [2.45, 2.75) is 24.5 Å². The van der Waals surface area contributed by atoms with E-state index in [1.54, 1.807) is 25.3 Å². The second-order valence-corrected chi connectivity index (χ2v) is 8.76. The van der Waals surface area contributed by atoms with Crippen LogP contribution in [0.3, 0.4) is 0 Å². The van der Waals surface area contributed by atoms with E-state index in [1.165, 1.54) is 24.5 Å². The highest BCUT2D eigenvalue weighted by Crippen LogP contribution is 2.27. The normalized spacial score (nSPS) is 13.0. The molecular formula is C24H20F2N4O3S. The number of fused-ring (bicyclic) bond motifs is 1. The van der Waals surface area contributed by atoms with Gasteiger partial charge in [-0.25, -0.2) is 9.97 Å². The van der Waals surface area contributed by atoms with Gasteiger partial charge in [0.2, 0.25) is 0 Å². The topological polar surface area (TPSA) is 94.1 Å². The maximum Gasteiger partial charge on any atom is 0.387 e. The van der Waals surface area contributed by atoms with Gasteiger partial charge in [0.05, 0.1) is 28.5 Å². The van der Waals surface area contributed by atoms with Crippen LogP contribution in [0.4, 0.5) is 8.78 Å². The van der Waals surface area contributed by atoms with Gasteiger partial charge in [-0.1, -0.05) is 18.2 Å². The fraction of sp³-hybridized carbons (Fsp3) is 0.167. The van der Waals surface area contributed by atoms with Crippen molar-refractivity contribution in [2.24, 2.45) is 0 Å². The van der Waals surface area contributed by atoms with E-state index in [0.29, 0.717) is 28.1 Å². The lowest BCUT2D eigenvalue weighted by Gasteiger charge is -2.18. The molecule has 0 saturated carbocycles. The number of nitrogens with zero attached hydrogens (tertiary/aromatic N) is 3. The standard InChI is InChI=1S/C24H20F2N4O3S/c1-14(28-23(31)15-11-16(33-24(25)26)13-17(12-15)34(2)32)21-22(20-9-5-6-10-27-20)30-19-8-4-3-7-18(19)29-21/h3-14,24H,1-2H3,(H,28,31)/t14-,34?/m0/s1. The Morgan fingerprint density at radius 2 is 1.74 bits per heavy atom. The molecule has 7 nitrogen and oxygen atoms in total. The average Bonchev–Trinajstić information content (AvgIpc) is 2.83. The number of para-hydroxylation sites is 2. The third kappa shape index (κ3) is 5.23. The van der Waals surface area contributed by atoms with E-state index >= 15 is 0 Å². The predicted octanol–water partition coefficient (Wildman–Crippen LogP) is 4.52. The van der Waals surface area contributed by atoms with Gasteiger partial charge in [0.15, 0.2) is 0 Å². The van der Waals surface area contributed by atoms with Crippen LogP contribution in [0.5, 0.6) is 5.75 Å². The molecule has 0 bridgehead atoms. The molecule has 2 aromatic heterocycles. The molecule has 34 heavy (non-hydrogen) atoms. The van der Waals surface area contributed by atoms with Gasteiger partial charge in [0.25, 0.3) is 5.91 Å². The number of carbonyl (C=O) groups is 1. The minimum Gasteiger partial charge on any atom is -0.435 e. The van der Waals surface area contributed by atoms with Crippen molar-refractivity contribution in [3.05, 3.63) is 78.1 Å². The highest BCUT2D eigenvalue weighted by Gasteiger charge is 2.21. The van der Waals surface area contributed by atoms with Crippen LogP contribution in [0.25, 0.3) is 22.4 Å². The van der Waals surface area contributed by atoms with Gasteiger partial charge < -0.3 is 10.1 Å². The molecule has 2 aromatic carbocycles. The minimum atomic E-state index is -3.08. The SMILES string of the molecule is C[C@H](NC(=O)c1cc(OC(F)F)cc(S(C)=O)c1)c1nc2ccccc2nc1-c1ccccn1. The summed E-state index contributed by atoms with van der Waals surface area (Å²) >= 11 is 0. The number of amides is 1.